The first-order valence-corrected chi connectivity index (χ1v) is 7.14. The van der Waals surface area contributed by atoms with E-state index in [2.05, 4.69) is 5.32 Å². The fourth-order valence-electron chi connectivity index (χ4n) is 3.43. The number of ether oxygens (including phenoxy) is 1. The van der Waals surface area contributed by atoms with Crippen LogP contribution in [0.25, 0.3) is 0 Å². The molecule has 4 nitrogen and oxygen atoms in total. The second-order valence-electron chi connectivity index (χ2n) is 5.74. The van der Waals surface area contributed by atoms with Crippen LogP contribution >= 0.6 is 0 Å². The number of amides is 2. The van der Waals surface area contributed by atoms with Crippen LogP contribution in [0, 0.1) is 18.8 Å². The average Bonchev–Trinajstić information content (AvgIpc) is 2.93. The molecule has 3 rings (SSSR count). The van der Waals surface area contributed by atoms with Gasteiger partial charge in [-0.05, 0) is 36.3 Å². The molecule has 0 bridgehead atoms. The predicted molar refractivity (Wildman–Crippen MR) is 74.1 cm³/mol. The monoisotopic (exact) mass is 273 g/mol. The van der Waals surface area contributed by atoms with Gasteiger partial charge >= 0.3 is 0 Å². The Bertz CT molecular complexity index is 534. The summed E-state index contributed by atoms with van der Waals surface area (Å²) in [6.45, 7) is 3.41. The molecule has 2 aliphatic rings. The zero-order valence-electron chi connectivity index (χ0n) is 11.6. The maximum absolute atomic E-state index is 12.4. The van der Waals surface area contributed by atoms with Gasteiger partial charge in [-0.2, -0.15) is 0 Å². The van der Waals surface area contributed by atoms with Crippen LogP contribution < -0.4 is 5.32 Å². The van der Waals surface area contributed by atoms with Crippen molar-refractivity contribution in [2.24, 2.45) is 11.8 Å². The molecule has 3 atom stereocenters. The Balaban J connectivity index is 1.97. The predicted octanol–water partition coefficient (Wildman–Crippen LogP) is 1.78. The Hall–Kier alpha value is -1.68. The van der Waals surface area contributed by atoms with Crippen molar-refractivity contribution in [1.29, 1.82) is 0 Å². The fraction of sp³-hybridized carbons (Fsp3) is 0.500. The first kappa shape index (κ1) is 13.3. The van der Waals surface area contributed by atoms with Gasteiger partial charge in [-0.15, -0.1) is 0 Å². The molecular formula is C16H19NO3. The first-order valence-electron chi connectivity index (χ1n) is 7.14. The van der Waals surface area contributed by atoms with E-state index < -0.39 is 0 Å². The standard InChI is InChI=1S/C16H19NO3/c1-10-4-2-3-5-12(10)15-13(11-6-7-20-9-11)8-14(18)17-16(15)19/h2-5,11,13,15H,6-9H2,1H3,(H,17,18,19). The highest BCUT2D eigenvalue weighted by Crippen LogP contribution is 2.40. The molecule has 2 amide bonds. The highest BCUT2D eigenvalue weighted by atomic mass is 16.5. The van der Waals surface area contributed by atoms with Crippen molar-refractivity contribution in [2.75, 3.05) is 13.2 Å². The highest BCUT2D eigenvalue weighted by molar-refractivity contribution is 6.01. The molecule has 0 aromatic heterocycles. The van der Waals surface area contributed by atoms with E-state index in [1.807, 2.05) is 31.2 Å². The highest BCUT2D eigenvalue weighted by Gasteiger charge is 2.42. The third-order valence-electron chi connectivity index (χ3n) is 4.49. The van der Waals surface area contributed by atoms with Gasteiger partial charge in [0.25, 0.3) is 0 Å². The van der Waals surface area contributed by atoms with E-state index in [0.717, 1.165) is 24.2 Å². The number of rotatable bonds is 2. The molecule has 2 fully saturated rings. The quantitative estimate of drug-likeness (QED) is 0.836. The molecule has 0 radical (unpaired) electrons. The van der Waals surface area contributed by atoms with Crippen molar-refractivity contribution in [3.63, 3.8) is 0 Å². The van der Waals surface area contributed by atoms with Crippen LogP contribution in [0.2, 0.25) is 0 Å². The number of piperidine rings is 1. The fourth-order valence-corrected chi connectivity index (χ4v) is 3.43. The van der Waals surface area contributed by atoms with Crippen molar-refractivity contribution in [3.05, 3.63) is 35.4 Å². The molecule has 20 heavy (non-hydrogen) atoms. The van der Waals surface area contributed by atoms with Crippen molar-refractivity contribution in [1.82, 2.24) is 5.32 Å². The summed E-state index contributed by atoms with van der Waals surface area (Å²) in [5.41, 5.74) is 2.14. The molecule has 1 N–H and O–H groups in total. The largest absolute Gasteiger partial charge is 0.381 e. The smallest absolute Gasteiger partial charge is 0.234 e. The second kappa shape index (κ2) is 5.37. The number of aryl methyl sites for hydroxylation is 1. The molecule has 0 spiro atoms. The van der Waals surface area contributed by atoms with Crippen molar-refractivity contribution >= 4 is 11.8 Å². The second-order valence-corrected chi connectivity index (χ2v) is 5.74. The van der Waals surface area contributed by atoms with Crippen molar-refractivity contribution < 1.29 is 14.3 Å². The van der Waals surface area contributed by atoms with E-state index in [-0.39, 0.29) is 23.7 Å². The number of hydrogen-bond donors (Lipinski definition) is 1. The van der Waals surface area contributed by atoms with Crippen LogP contribution in [-0.4, -0.2) is 25.0 Å². The van der Waals surface area contributed by atoms with Crippen LogP contribution in [0.3, 0.4) is 0 Å². The lowest BCUT2D eigenvalue weighted by Gasteiger charge is -2.34. The van der Waals surface area contributed by atoms with E-state index in [4.69, 9.17) is 4.74 Å². The number of nitrogens with one attached hydrogen (secondary N) is 1. The van der Waals surface area contributed by atoms with Gasteiger partial charge in [-0.1, -0.05) is 24.3 Å². The summed E-state index contributed by atoms with van der Waals surface area (Å²) in [6, 6.07) is 7.94. The molecule has 2 saturated heterocycles. The van der Waals surface area contributed by atoms with Gasteiger partial charge < -0.3 is 4.74 Å². The summed E-state index contributed by atoms with van der Waals surface area (Å²) in [5, 5.41) is 2.49. The zero-order valence-corrected chi connectivity index (χ0v) is 11.6. The summed E-state index contributed by atoms with van der Waals surface area (Å²) < 4.78 is 5.45. The Kier molecular flexibility index (Phi) is 3.57. The lowest BCUT2D eigenvalue weighted by atomic mass is 9.72. The lowest BCUT2D eigenvalue weighted by molar-refractivity contribution is -0.137. The number of benzene rings is 1. The van der Waals surface area contributed by atoms with Crippen molar-refractivity contribution in [2.45, 2.75) is 25.7 Å². The minimum Gasteiger partial charge on any atom is -0.381 e. The van der Waals surface area contributed by atoms with E-state index >= 15 is 0 Å². The number of hydrogen-bond acceptors (Lipinski definition) is 3. The van der Waals surface area contributed by atoms with Crippen molar-refractivity contribution in [3.8, 4) is 0 Å². The molecule has 0 saturated carbocycles. The Labute approximate surface area is 118 Å². The Morgan fingerprint density at radius 2 is 2.05 bits per heavy atom. The van der Waals surface area contributed by atoms with Crippen LogP contribution in [0.15, 0.2) is 24.3 Å². The van der Waals surface area contributed by atoms with Gasteiger partial charge in [0, 0.05) is 19.6 Å². The minimum absolute atomic E-state index is 0.0554. The van der Waals surface area contributed by atoms with Gasteiger partial charge in [0.05, 0.1) is 5.92 Å². The third kappa shape index (κ3) is 2.36. The van der Waals surface area contributed by atoms with Crippen LogP contribution in [0.5, 0.6) is 0 Å². The molecule has 2 heterocycles. The van der Waals surface area contributed by atoms with Gasteiger partial charge in [0.15, 0.2) is 0 Å². The molecule has 106 valence electrons. The van der Waals surface area contributed by atoms with E-state index in [9.17, 15) is 9.59 Å². The molecular weight excluding hydrogens is 254 g/mol. The summed E-state index contributed by atoms with van der Waals surface area (Å²) in [4.78, 5) is 24.1. The molecule has 1 aromatic carbocycles. The number of imide groups is 1. The number of carbonyl (C=O) groups excluding carboxylic acids is 2. The lowest BCUT2D eigenvalue weighted by Crippen LogP contribution is -2.47. The maximum atomic E-state index is 12.4. The molecule has 1 aromatic rings. The van der Waals surface area contributed by atoms with E-state index in [0.29, 0.717) is 18.9 Å². The summed E-state index contributed by atoms with van der Waals surface area (Å²) in [5.74, 6) is -0.195. The van der Waals surface area contributed by atoms with Crippen LogP contribution in [0.4, 0.5) is 0 Å². The molecule has 0 aliphatic carbocycles. The number of carbonyl (C=O) groups is 2. The average molecular weight is 273 g/mol. The minimum atomic E-state index is -0.236. The van der Waals surface area contributed by atoms with E-state index in [1.54, 1.807) is 0 Å². The molecule has 4 heteroatoms. The van der Waals surface area contributed by atoms with Crippen LogP contribution in [0.1, 0.15) is 29.9 Å². The summed E-state index contributed by atoms with van der Waals surface area (Å²) >= 11 is 0. The van der Waals surface area contributed by atoms with Gasteiger partial charge in [0.2, 0.25) is 11.8 Å². The first-order chi connectivity index (χ1) is 9.66. The SMILES string of the molecule is Cc1ccccc1C1C(=O)NC(=O)CC1C1CCOC1. The Morgan fingerprint density at radius 3 is 2.75 bits per heavy atom. The third-order valence-corrected chi connectivity index (χ3v) is 4.49. The molecule has 3 unspecified atom stereocenters. The Morgan fingerprint density at radius 1 is 1.25 bits per heavy atom. The topological polar surface area (TPSA) is 55.4 Å². The van der Waals surface area contributed by atoms with Gasteiger partial charge in [-0.25, -0.2) is 0 Å². The zero-order chi connectivity index (χ0) is 14.1. The summed E-state index contributed by atoms with van der Waals surface area (Å²) in [6.07, 6.45) is 1.35. The molecule has 2 aliphatic heterocycles. The van der Waals surface area contributed by atoms with E-state index in [1.165, 1.54) is 0 Å². The normalized spacial score (nSPS) is 30.4. The van der Waals surface area contributed by atoms with Gasteiger partial charge in [-0.3, -0.25) is 14.9 Å². The van der Waals surface area contributed by atoms with Crippen LogP contribution in [-0.2, 0) is 14.3 Å². The maximum Gasteiger partial charge on any atom is 0.234 e. The van der Waals surface area contributed by atoms with Gasteiger partial charge in [0.1, 0.15) is 0 Å². The summed E-state index contributed by atoms with van der Waals surface area (Å²) in [7, 11) is 0.